The van der Waals surface area contributed by atoms with Crippen LogP contribution in [0.25, 0.3) is 0 Å². The van der Waals surface area contributed by atoms with Crippen LogP contribution in [0.15, 0.2) is 0 Å². The van der Waals surface area contributed by atoms with Gasteiger partial charge in [-0.15, -0.1) is 0 Å². The minimum atomic E-state index is -4.64. The Morgan fingerprint density at radius 2 is 1.06 bits per heavy atom. The van der Waals surface area contributed by atoms with Crippen molar-refractivity contribution < 1.29 is 24.0 Å². The molecule has 0 aromatic carbocycles. The number of primary amides is 1. The molecule has 5 N–H and O–H groups in total. The van der Waals surface area contributed by atoms with Crippen LogP contribution >= 0.6 is 7.82 Å². The van der Waals surface area contributed by atoms with E-state index in [1.165, 1.54) is 83.5 Å². The molecule has 2 atom stereocenters. The highest BCUT2D eigenvalue weighted by molar-refractivity contribution is 7.45. The Morgan fingerprint density at radius 1 is 0.750 bits per heavy atom. The molecule has 32 heavy (non-hydrogen) atoms. The van der Waals surface area contributed by atoms with Gasteiger partial charge in [0.1, 0.15) is 0 Å². The number of hydrogen-bond acceptors (Lipinski definition) is 3. The number of nitrogens with two attached hydrogens (primary N) is 1. The van der Waals surface area contributed by atoms with Crippen molar-refractivity contribution in [1.82, 2.24) is 4.90 Å². The van der Waals surface area contributed by atoms with Crippen molar-refractivity contribution in [2.24, 2.45) is 11.7 Å². The summed E-state index contributed by atoms with van der Waals surface area (Å²) in [6.07, 6.45) is 20.1. The average Bonchev–Trinajstić information content (AvgIpc) is 2.70. The van der Waals surface area contributed by atoms with Crippen molar-refractivity contribution in [2.45, 2.75) is 130 Å². The minimum Gasteiger partial charge on any atom is -0.369 e. The highest BCUT2D eigenvalue weighted by Gasteiger charge is 2.25. The molecule has 2 unspecified atom stereocenters. The number of phosphoric acid groups is 1. The molecular formula is C24H53N2O5P. The molecule has 7 nitrogen and oxygen atoms in total. The normalized spacial score (nSPS) is 13.5. The number of amides is 1. The number of unbranched alkanes of at least 4 members (excludes halogenated alkanes) is 13. The summed E-state index contributed by atoms with van der Waals surface area (Å²) in [5, 5.41) is 0. The molecular weight excluding hydrogens is 427 g/mol. The van der Waals surface area contributed by atoms with Gasteiger partial charge in [-0.1, -0.05) is 111 Å². The Hall–Kier alpha value is -0.460. The fourth-order valence-corrected chi connectivity index (χ4v) is 4.23. The number of nitrogens with zero attached hydrogens (tertiary/aromatic N) is 1. The molecule has 0 rings (SSSR count). The summed E-state index contributed by atoms with van der Waals surface area (Å²) in [6.45, 7) is 10.7. The first-order valence-electron chi connectivity index (χ1n) is 12.9. The molecule has 0 aliphatic rings. The second kappa shape index (κ2) is 22.3. The zero-order valence-electron chi connectivity index (χ0n) is 21.3. The van der Waals surface area contributed by atoms with E-state index < -0.39 is 7.82 Å². The van der Waals surface area contributed by atoms with Crippen LogP contribution in [0.5, 0.6) is 0 Å². The lowest BCUT2D eigenvalue weighted by Gasteiger charge is -2.31. The van der Waals surface area contributed by atoms with Crippen LogP contribution in [0.1, 0.15) is 124 Å². The van der Waals surface area contributed by atoms with E-state index >= 15 is 0 Å². The Bertz CT molecular complexity index is 461. The maximum atomic E-state index is 11.8. The Labute approximate surface area is 197 Å². The summed E-state index contributed by atoms with van der Waals surface area (Å²) in [5.41, 5.74) is 5.67. The highest BCUT2D eigenvalue weighted by Crippen LogP contribution is 2.25. The van der Waals surface area contributed by atoms with Gasteiger partial charge in [-0.05, 0) is 26.4 Å². The van der Waals surface area contributed by atoms with Gasteiger partial charge in [-0.2, -0.15) is 0 Å². The van der Waals surface area contributed by atoms with Crippen LogP contribution in [0.2, 0.25) is 0 Å². The Balaban J connectivity index is 0. The molecule has 0 spiro atoms. The number of carbonyl (C=O) groups is 1. The van der Waals surface area contributed by atoms with Gasteiger partial charge in [-0.3, -0.25) is 4.79 Å². The summed E-state index contributed by atoms with van der Waals surface area (Å²) in [6, 6.07) is 0.263. The summed E-state index contributed by atoms with van der Waals surface area (Å²) in [5.74, 6) is -0.119. The average molecular weight is 481 g/mol. The zero-order valence-corrected chi connectivity index (χ0v) is 22.2. The number of carbonyl (C=O) groups excluding carboxylic acids is 1. The first-order chi connectivity index (χ1) is 15.1. The van der Waals surface area contributed by atoms with E-state index in [2.05, 4.69) is 32.6 Å². The van der Waals surface area contributed by atoms with E-state index in [1.54, 1.807) is 0 Å². The predicted molar refractivity (Wildman–Crippen MR) is 134 cm³/mol. The van der Waals surface area contributed by atoms with E-state index in [0.29, 0.717) is 0 Å². The van der Waals surface area contributed by atoms with Crippen LogP contribution in [-0.4, -0.2) is 44.6 Å². The second-order valence-electron chi connectivity index (χ2n) is 8.87. The van der Waals surface area contributed by atoms with Crippen LogP contribution < -0.4 is 5.73 Å². The Kier molecular flexibility index (Phi) is 23.5. The van der Waals surface area contributed by atoms with Gasteiger partial charge in [0.15, 0.2) is 0 Å². The largest absolute Gasteiger partial charge is 0.466 e. The van der Waals surface area contributed by atoms with Crippen molar-refractivity contribution in [3.63, 3.8) is 0 Å². The molecule has 0 bridgehead atoms. The van der Waals surface area contributed by atoms with Gasteiger partial charge in [0.05, 0.1) is 5.92 Å². The molecule has 0 radical (unpaired) electrons. The molecule has 0 saturated heterocycles. The van der Waals surface area contributed by atoms with Crippen LogP contribution in [0, 0.1) is 5.92 Å². The summed E-state index contributed by atoms with van der Waals surface area (Å²) in [7, 11) is -4.64. The SMILES string of the molecule is CCCCCCCCCCCCCCCCC(C(N)=O)C(C)N(CC)CC.O=P(O)(O)O. The summed E-state index contributed by atoms with van der Waals surface area (Å²) >= 11 is 0. The first kappa shape index (κ1) is 33.7. The number of hydrogen-bond donors (Lipinski definition) is 4. The quantitative estimate of drug-likeness (QED) is 0.130. The zero-order chi connectivity index (χ0) is 24.8. The van der Waals surface area contributed by atoms with Crippen molar-refractivity contribution in [2.75, 3.05) is 13.1 Å². The first-order valence-corrected chi connectivity index (χ1v) is 14.5. The smallest absolute Gasteiger partial charge is 0.369 e. The lowest BCUT2D eigenvalue weighted by Crippen LogP contribution is -2.43. The van der Waals surface area contributed by atoms with Crippen molar-refractivity contribution in [3.05, 3.63) is 0 Å². The molecule has 0 saturated carbocycles. The third-order valence-corrected chi connectivity index (χ3v) is 6.20. The van der Waals surface area contributed by atoms with Crippen molar-refractivity contribution in [1.29, 1.82) is 0 Å². The molecule has 1 amide bonds. The minimum absolute atomic E-state index is 0.00206. The van der Waals surface area contributed by atoms with Gasteiger partial charge in [0.2, 0.25) is 5.91 Å². The molecule has 0 heterocycles. The Morgan fingerprint density at radius 3 is 1.34 bits per heavy atom. The second-order valence-corrected chi connectivity index (χ2v) is 9.90. The van der Waals surface area contributed by atoms with Crippen LogP contribution in [0.3, 0.4) is 0 Å². The fourth-order valence-electron chi connectivity index (χ4n) is 4.23. The van der Waals surface area contributed by atoms with E-state index in [9.17, 15) is 4.79 Å². The predicted octanol–water partition coefficient (Wildman–Crippen LogP) is 5.76. The monoisotopic (exact) mass is 480 g/mol. The van der Waals surface area contributed by atoms with E-state index in [4.69, 9.17) is 25.0 Å². The topological polar surface area (TPSA) is 124 Å². The van der Waals surface area contributed by atoms with E-state index in [-0.39, 0.29) is 17.9 Å². The van der Waals surface area contributed by atoms with E-state index in [1.807, 2.05) is 0 Å². The molecule has 194 valence electrons. The van der Waals surface area contributed by atoms with Gasteiger partial charge in [-0.25, -0.2) is 4.57 Å². The maximum absolute atomic E-state index is 11.8. The molecule has 0 aliphatic carbocycles. The lowest BCUT2D eigenvalue weighted by molar-refractivity contribution is -0.124. The molecule has 0 fully saturated rings. The van der Waals surface area contributed by atoms with E-state index in [0.717, 1.165) is 25.9 Å². The fraction of sp³-hybridized carbons (Fsp3) is 0.958. The third-order valence-electron chi connectivity index (χ3n) is 6.20. The van der Waals surface area contributed by atoms with Crippen molar-refractivity contribution >= 4 is 13.7 Å². The lowest BCUT2D eigenvalue weighted by atomic mass is 9.92. The van der Waals surface area contributed by atoms with Crippen LogP contribution in [-0.2, 0) is 9.36 Å². The molecule has 0 aromatic rings. The molecule has 0 aromatic heterocycles. The molecule has 0 aliphatic heterocycles. The van der Waals surface area contributed by atoms with Gasteiger partial charge in [0, 0.05) is 6.04 Å². The van der Waals surface area contributed by atoms with Gasteiger partial charge in [0.25, 0.3) is 0 Å². The standard InChI is InChI=1S/C24H50N2O.H3O4P/c1-5-8-9-10-11-12-13-14-15-16-17-18-19-20-21-23(24(25)27)22(4)26(6-2)7-3;1-5(2,3)4/h22-23H,5-21H2,1-4H3,(H2,25,27);(H3,1,2,3,4). The third kappa shape index (κ3) is 24.2. The highest BCUT2D eigenvalue weighted by atomic mass is 31.2. The summed E-state index contributed by atoms with van der Waals surface area (Å²) < 4.78 is 8.88. The molecule has 8 heteroatoms. The van der Waals surface area contributed by atoms with Crippen LogP contribution in [0.4, 0.5) is 0 Å². The van der Waals surface area contributed by atoms with Gasteiger partial charge < -0.3 is 25.3 Å². The van der Waals surface area contributed by atoms with Crippen molar-refractivity contribution in [3.8, 4) is 0 Å². The van der Waals surface area contributed by atoms with Gasteiger partial charge >= 0.3 is 7.82 Å². The number of rotatable bonds is 20. The summed E-state index contributed by atoms with van der Waals surface area (Å²) in [4.78, 5) is 35.7. The maximum Gasteiger partial charge on any atom is 0.466 e.